The number of ether oxygens (including phenoxy) is 1. The number of carbonyl (C=O) groups is 2. The number of aryl methyl sites for hydroxylation is 2. The maximum atomic E-state index is 13.5. The number of carbonyl (C=O) groups excluding carboxylic acids is 2. The molecule has 7 heteroatoms. The molecule has 0 unspecified atom stereocenters. The van der Waals surface area contributed by atoms with Crippen LogP contribution in [0.2, 0.25) is 10.0 Å². The van der Waals surface area contributed by atoms with E-state index in [-0.39, 0.29) is 5.70 Å². The molecule has 0 bridgehead atoms. The van der Waals surface area contributed by atoms with Gasteiger partial charge in [-0.1, -0.05) is 41.4 Å². The number of hydrogen-bond acceptors (Lipinski definition) is 4. The molecule has 1 N–H and O–H groups in total. The molecule has 0 spiro atoms. The lowest BCUT2D eigenvalue weighted by Gasteiger charge is -2.15. The summed E-state index contributed by atoms with van der Waals surface area (Å²) in [5.74, 6) is -0.364. The molecule has 1 heterocycles. The van der Waals surface area contributed by atoms with Gasteiger partial charge in [0.05, 0.1) is 23.4 Å². The van der Waals surface area contributed by atoms with Crippen LogP contribution in [0.15, 0.2) is 66.4 Å². The Morgan fingerprint density at radius 2 is 1.56 bits per heavy atom. The fourth-order valence-corrected chi connectivity index (χ4v) is 3.91. The first-order valence-electron chi connectivity index (χ1n) is 9.87. The lowest BCUT2D eigenvalue weighted by atomic mass is 9.99. The quantitative estimate of drug-likeness (QED) is 0.467. The summed E-state index contributed by atoms with van der Waals surface area (Å²) in [7, 11) is 1.53. The summed E-state index contributed by atoms with van der Waals surface area (Å²) in [5, 5.41) is 4.01. The van der Waals surface area contributed by atoms with Crippen molar-refractivity contribution in [2.45, 2.75) is 13.8 Å². The van der Waals surface area contributed by atoms with E-state index in [1.165, 1.54) is 7.11 Å². The van der Waals surface area contributed by atoms with Gasteiger partial charge >= 0.3 is 0 Å². The van der Waals surface area contributed by atoms with Crippen LogP contribution in [0.25, 0.3) is 5.57 Å². The molecule has 0 aromatic heterocycles. The van der Waals surface area contributed by atoms with E-state index < -0.39 is 11.8 Å². The summed E-state index contributed by atoms with van der Waals surface area (Å²) < 4.78 is 5.20. The Labute approximate surface area is 196 Å². The van der Waals surface area contributed by atoms with Crippen molar-refractivity contribution in [1.29, 1.82) is 0 Å². The van der Waals surface area contributed by atoms with Crippen molar-refractivity contribution in [3.05, 3.63) is 93.1 Å². The van der Waals surface area contributed by atoms with Gasteiger partial charge in [-0.15, -0.1) is 0 Å². The first-order valence-corrected chi connectivity index (χ1v) is 10.6. The van der Waals surface area contributed by atoms with Crippen molar-refractivity contribution in [3.63, 3.8) is 0 Å². The first kappa shape index (κ1) is 21.9. The number of methoxy groups -OCH3 is 1. The molecule has 162 valence electrons. The molecule has 3 aromatic carbocycles. The van der Waals surface area contributed by atoms with E-state index in [4.69, 9.17) is 27.9 Å². The second kappa shape index (κ2) is 8.69. The highest BCUT2D eigenvalue weighted by Crippen LogP contribution is 2.36. The van der Waals surface area contributed by atoms with Crippen LogP contribution < -0.4 is 15.0 Å². The SMILES string of the molecule is COc1ccc(NC2=C(c3ccc(C)c(C)c3)C(=O)N(c3ccc(Cl)cc3)C2=O)cc1Cl. The number of nitrogens with one attached hydrogen (secondary N) is 1. The third-order valence-electron chi connectivity index (χ3n) is 5.39. The third kappa shape index (κ3) is 3.97. The summed E-state index contributed by atoms with van der Waals surface area (Å²) in [4.78, 5) is 28.1. The van der Waals surface area contributed by atoms with Gasteiger partial charge in [0, 0.05) is 10.7 Å². The molecule has 0 fully saturated rings. The van der Waals surface area contributed by atoms with Crippen LogP contribution in [-0.2, 0) is 9.59 Å². The normalized spacial score (nSPS) is 13.7. The number of hydrogen-bond donors (Lipinski definition) is 1. The predicted octanol–water partition coefficient (Wildman–Crippen LogP) is 6.02. The Balaban J connectivity index is 1.83. The van der Waals surface area contributed by atoms with Crippen molar-refractivity contribution in [2.24, 2.45) is 0 Å². The van der Waals surface area contributed by atoms with Crippen LogP contribution in [0.4, 0.5) is 11.4 Å². The van der Waals surface area contributed by atoms with Crippen LogP contribution in [0.5, 0.6) is 5.75 Å². The van der Waals surface area contributed by atoms with Crippen LogP contribution >= 0.6 is 23.2 Å². The highest BCUT2D eigenvalue weighted by atomic mass is 35.5. The summed E-state index contributed by atoms with van der Waals surface area (Å²) in [6, 6.07) is 17.3. The summed E-state index contributed by atoms with van der Waals surface area (Å²) in [5.41, 5.74) is 4.24. The van der Waals surface area contributed by atoms with Gasteiger partial charge in [0.15, 0.2) is 0 Å². The highest BCUT2D eigenvalue weighted by Gasteiger charge is 2.40. The van der Waals surface area contributed by atoms with Crippen molar-refractivity contribution >= 4 is 52.0 Å². The molecule has 1 aliphatic rings. The second-order valence-electron chi connectivity index (χ2n) is 7.45. The number of benzene rings is 3. The first-order chi connectivity index (χ1) is 15.3. The summed E-state index contributed by atoms with van der Waals surface area (Å²) in [6.45, 7) is 3.96. The Hall–Kier alpha value is -3.28. The topological polar surface area (TPSA) is 58.6 Å². The molecule has 0 saturated carbocycles. The molecule has 1 aliphatic heterocycles. The van der Waals surface area contributed by atoms with E-state index in [0.717, 1.165) is 16.0 Å². The van der Waals surface area contributed by atoms with Crippen LogP contribution in [0.1, 0.15) is 16.7 Å². The maximum absolute atomic E-state index is 13.5. The average molecular weight is 467 g/mol. The van der Waals surface area contributed by atoms with Gasteiger partial charge in [-0.25, -0.2) is 4.90 Å². The van der Waals surface area contributed by atoms with Gasteiger partial charge in [0.1, 0.15) is 11.4 Å². The smallest absolute Gasteiger partial charge is 0.282 e. The predicted molar refractivity (Wildman–Crippen MR) is 128 cm³/mol. The number of nitrogens with zero attached hydrogens (tertiary/aromatic N) is 1. The van der Waals surface area contributed by atoms with E-state index in [1.807, 2.05) is 32.0 Å². The highest BCUT2D eigenvalue weighted by molar-refractivity contribution is 6.46. The fourth-order valence-electron chi connectivity index (χ4n) is 3.52. The van der Waals surface area contributed by atoms with Gasteiger partial charge in [0.2, 0.25) is 0 Å². The Morgan fingerprint density at radius 3 is 2.19 bits per heavy atom. The fraction of sp³-hybridized carbons (Fsp3) is 0.120. The number of imide groups is 1. The number of amides is 2. The molecule has 2 amide bonds. The van der Waals surface area contributed by atoms with E-state index in [1.54, 1.807) is 42.5 Å². The zero-order valence-corrected chi connectivity index (χ0v) is 19.2. The number of halogens is 2. The van der Waals surface area contributed by atoms with Gasteiger partial charge in [0.25, 0.3) is 11.8 Å². The minimum absolute atomic E-state index is 0.175. The molecule has 0 atom stereocenters. The van der Waals surface area contributed by atoms with Crippen LogP contribution in [0, 0.1) is 13.8 Å². The van der Waals surface area contributed by atoms with Crippen molar-refractivity contribution in [2.75, 3.05) is 17.3 Å². The largest absolute Gasteiger partial charge is 0.495 e. The minimum Gasteiger partial charge on any atom is -0.495 e. The van der Waals surface area contributed by atoms with Gasteiger partial charge in [-0.05, 0) is 73.0 Å². The lowest BCUT2D eigenvalue weighted by molar-refractivity contribution is -0.120. The van der Waals surface area contributed by atoms with Crippen LogP contribution in [-0.4, -0.2) is 18.9 Å². The van der Waals surface area contributed by atoms with Crippen molar-refractivity contribution < 1.29 is 14.3 Å². The average Bonchev–Trinajstić information content (AvgIpc) is 3.00. The molecule has 32 heavy (non-hydrogen) atoms. The van der Waals surface area contributed by atoms with E-state index in [9.17, 15) is 9.59 Å². The van der Waals surface area contributed by atoms with Gasteiger partial charge < -0.3 is 10.1 Å². The summed E-state index contributed by atoms with van der Waals surface area (Å²) in [6.07, 6.45) is 0. The Morgan fingerprint density at radius 1 is 0.844 bits per heavy atom. The third-order valence-corrected chi connectivity index (χ3v) is 5.93. The zero-order valence-electron chi connectivity index (χ0n) is 17.7. The van der Waals surface area contributed by atoms with E-state index in [2.05, 4.69) is 5.32 Å². The molecular weight excluding hydrogens is 447 g/mol. The molecule has 0 radical (unpaired) electrons. The molecule has 3 aromatic rings. The number of anilines is 2. The maximum Gasteiger partial charge on any atom is 0.282 e. The Kier molecular flexibility index (Phi) is 5.96. The Bertz CT molecular complexity index is 1270. The second-order valence-corrected chi connectivity index (χ2v) is 8.29. The molecular formula is C25H20Cl2N2O3. The van der Waals surface area contributed by atoms with Gasteiger partial charge in [-0.2, -0.15) is 0 Å². The van der Waals surface area contributed by atoms with Crippen LogP contribution in [0.3, 0.4) is 0 Å². The summed E-state index contributed by atoms with van der Waals surface area (Å²) >= 11 is 12.2. The van der Waals surface area contributed by atoms with E-state index >= 15 is 0 Å². The standard InChI is InChI=1S/C25H20Cl2N2O3/c1-14-4-5-16(12-15(14)2)22-23(28-18-8-11-21(32-3)20(27)13-18)25(31)29(24(22)30)19-9-6-17(26)7-10-19/h4-13,28H,1-3H3. The van der Waals surface area contributed by atoms with E-state index in [0.29, 0.717) is 38.3 Å². The molecule has 0 aliphatic carbocycles. The lowest BCUT2D eigenvalue weighted by Crippen LogP contribution is -2.32. The molecule has 0 saturated heterocycles. The van der Waals surface area contributed by atoms with Crippen molar-refractivity contribution in [1.82, 2.24) is 0 Å². The van der Waals surface area contributed by atoms with Crippen molar-refractivity contribution in [3.8, 4) is 5.75 Å². The van der Waals surface area contributed by atoms with Gasteiger partial charge in [-0.3, -0.25) is 9.59 Å². The monoisotopic (exact) mass is 466 g/mol. The molecule has 5 nitrogen and oxygen atoms in total. The zero-order chi connectivity index (χ0) is 23.0. The minimum atomic E-state index is -0.461. The molecule has 4 rings (SSSR count). The number of rotatable bonds is 5.